The number of nitrogens with zero attached hydrogens (tertiary/aromatic N) is 1. The van der Waals surface area contributed by atoms with Crippen LogP contribution in [-0.2, 0) is 16.1 Å². The number of β-lactam (4-membered cyclic amide) rings is 1. The highest BCUT2D eigenvalue weighted by Crippen LogP contribution is 2.52. The molecular weight excluding hydrogens is 318 g/mol. The highest BCUT2D eigenvalue weighted by Gasteiger charge is 2.67. The molecule has 1 spiro atoms. The van der Waals surface area contributed by atoms with Gasteiger partial charge in [-0.25, -0.2) is 0 Å². The average molecular weight is 341 g/mol. The number of benzene rings is 1. The van der Waals surface area contributed by atoms with Gasteiger partial charge in [0.05, 0.1) is 11.6 Å². The van der Waals surface area contributed by atoms with Crippen molar-refractivity contribution < 1.29 is 9.53 Å². The van der Waals surface area contributed by atoms with E-state index in [1.54, 1.807) is 11.8 Å². The van der Waals surface area contributed by atoms with Crippen LogP contribution in [0.2, 0.25) is 0 Å². The molecular formula is C20H23NO2S. The van der Waals surface area contributed by atoms with E-state index < -0.39 is 0 Å². The summed E-state index contributed by atoms with van der Waals surface area (Å²) in [6.07, 6.45) is 6.03. The Labute approximate surface area is 148 Å². The van der Waals surface area contributed by atoms with E-state index in [0.29, 0.717) is 6.54 Å². The fourth-order valence-electron chi connectivity index (χ4n) is 3.72. The highest BCUT2D eigenvalue weighted by molar-refractivity contribution is 8.00. The smallest absolute Gasteiger partial charge is 0.239 e. The average Bonchev–Trinajstić information content (AvgIpc) is 3.02. The van der Waals surface area contributed by atoms with Gasteiger partial charge < -0.3 is 9.64 Å². The molecule has 1 aromatic rings. The SMILES string of the molecule is C=CCS[C@@H]1C(=O)N(Cc2ccccc2)[C@]12C[C@H](C=C)O[C@@H]2C=C. The maximum atomic E-state index is 12.8. The zero-order chi connectivity index (χ0) is 17.2. The van der Waals surface area contributed by atoms with Crippen LogP contribution in [0.15, 0.2) is 68.3 Å². The number of ether oxygens (including phenoxy) is 1. The monoisotopic (exact) mass is 341 g/mol. The largest absolute Gasteiger partial charge is 0.364 e. The maximum absolute atomic E-state index is 12.8. The van der Waals surface area contributed by atoms with Crippen LogP contribution in [0.3, 0.4) is 0 Å². The van der Waals surface area contributed by atoms with E-state index in [1.807, 2.05) is 41.3 Å². The molecule has 0 radical (unpaired) electrons. The summed E-state index contributed by atoms with van der Waals surface area (Å²) in [7, 11) is 0. The van der Waals surface area contributed by atoms with Crippen LogP contribution in [0.4, 0.5) is 0 Å². The summed E-state index contributed by atoms with van der Waals surface area (Å²) in [6.45, 7) is 12.2. The summed E-state index contributed by atoms with van der Waals surface area (Å²) < 4.78 is 6.07. The standard InChI is InChI=1S/C20H23NO2S/c1-4-12-24-18-19(22)21(14-15-10-8-7-9-11-15)20(18)13-16(5-2)23-17(20)6-3/h4-11,16-18H,1-3,12-14H2/t16-,17+,18+,20-/m0/s1. The van der Waals surface area contributed by atoms with Gasteiger partial charge in [0, 0.05) is 18.7 Å². The predicted molar refractivity (Wildman–Crippen MR) is 99.8 cm³/mol. The van der Waals surface area contributed by atoms with Gasteiger partial charge in [-0.1, -0.05) is 48.6 Å². The molecule has 0 aliphatic carbocycles. The van der Waals surface area contributed by atoms with Crippen molar-refractivity contribution in [3.05, 3.63) is 73.9 Å². The lowest BCUT2D eigenvalue weighted by molar-refractivity contribution is -0.159. The van der Waals surface area contributed by atoms with Gasteiger partial charge in [0.25, 0.3) is 0 Å². The Morgan fingerprint density at radius 2 is 2.00 bits per heavy atom. The van der Waals surface area contributed by atoms with Crippen molar-refractivity contribution in [2.45, 2.75) is 36.0 Å². The molecule has 0 saturated carbocycles. The molecule has 2 saturated heterocycles. The summed E-state index contributed by atoms with van der Waals surface area (Å²) in [5.41, 5.74) is 0.781. The lowest BCUT2D eigenvalue weighted by Crippen LogP contribution is -2.75. The minimum Gasteiger partial charge on any atom is -0.364 e. The quantitative estimate of drug-likeness (QED) is 0.561. The number of rotatable bonds is 7. The molecule has 3 nitrogen and oxygen atoms in total. The first-order valence-corrected chi connectivity index (χ1v) is 9.20. The van der Waals surface area contributed by atoms with E-state index in [2.05, 4.69) is 31.9 Å². The highest BCUT2D eigenvalue weighted by atomic mass is 32.2. The molecule has 0 unspecified atom stereocenters. The summed E-state index contributed by atoms with van der Waals surface area (Å²) >= 11 is 1.64. The van der Waals surface area contributed by atoms with Crippen LogP contribution in [0.5, 0.6) is 0 Å². The van der Waals surface area contributed by atoms with Crippen LogP contribution in [0.1, 0.15) is 12.0 Å². The van der Waals surface area contributed by atoms with Crippen molar-refractivity contribution in [1.29, 1.82) is 0 Å². The minimum absolute atomic E-state index is 0.0498. The van der Waals surface area contributed by atoms with Gasteiger partial charge in [0.2, 0.25) is 5.91 Å². The lowest BCUT2D eigenvalue weighted by Gasteiger charge is -2.57. The Morgan fingerprint density at radius 1 is 1.25 bits per heavy atom. The Bertz CT molecular complexity index is 644. The third-order valence-corrected chi connectivity index (χ3v) is 6.20. The predicted octanol–water partition coefficient (Wildman–Crippen LogP) is 3.58. The summed E-state index contributed by atoms with van der Waals surface area (Å²) in [5.74, 6) is 0.922. The zero-order valence-corrected chi connectivity index (χ0v) is 14.6. The summed E-state index contributed by atoms with van der Waals surface area (Å²) in [4.78, 5) is 14.8. The van der Waals surface area contributed by atoms with Crippen molar-refractivity contribution >= 4 is 17.7 Å². The molecule has 4 atom stereocenters. The second-order valence-electron chi connectivity index (χ2n) is 6.17. The Hall–Kier alpha value is -1.78. The molecule has 0 aromatic heterocycles. The van der Waals surface area contributed by atoms with Crippen LogP contribution >= 0.6 is 11.8 Å². The van der Waals surface area contributed by atoms with Crippen molar-refractivity contribution in [3.8, 4) is 0 Å². The first-order valence-electron chi connectivity index (χ1n) is 8.16. The van der Waals surface area contributed by atoms with E-state index in [4.69, 9.17) is 4.74 Å². The molecule has 3 rings (SSSR count). The third kappa shape index (κ3) is 2.64. The van der Waals surface area contributed by atoms with Gasteiger partial charge >= 0.3 is 0 Å². The first-order chi connectivity index (χ1) is 11.7. The molecule has 126 valence electrons. The van der Waals surface area contributed by atoms with Crippen LogP contribution in [0.25, 0.3) is 0 Å². The fraction of sp³-hybridized carbons (Fsp3) is 0.350. The molecule has 2 aliphatic heterocycles. The third-order valence-electron chi connectivity index (χ3n) is 4.83. The second kappa shape index (κ2) is 6.99. The molecule has 0 bridgehead atoms. The Kier molecular flexibility index (Phi) is 4.97. The number of likely N-dealkylation sites (tertiary alicyclic amines) is 1. The number of carbonyl (C=O) groups excluding carboxylic acids is 1. The van der Waals surface area contributed by atoms with Crippen molar-refractivity contribution in [2.24, 2.45) is 0 Å². The number of amides is 1. The molecule has 0 N–H and O–H groups in total. The van der Waals surface area contributed by atoms with Gasteiger partial charge in [0.1, 0.15) is 11.4 Å². The molecule has 4 heteroatoms. The molecule has 2 heterocycles. The molecule has 2 aliphatic rings. The summed E-state index contributed by atoms with van der Waals surface area (Å²) in [6, 6.07) is 10.1. The van der Waals surface area contributed by atoms with E-state index in [0.717, 1.165) is 17.7 Å². The first kappa shape index (κ1) is 17.1. The molecule has 1 aromatic carbocycles. The van der Waals surface area contributed by atoms with Gasteiger partial charge in [0.15, 0.2) is 0 Å². The van der Waals surface area contributed by atoms with E-state index in [1.165, 1.54) is 0 Å². The molecule has 2 fully saturated rings. The lowest BCUT2D eigenvalue weighted by atomic mass is 9.75. The van der Waals surface area contributed by atoms with Crippen LogP contribution in [-0.4, -0.2) is 39.6 Å². The van der Waals surface area contributed by atoms with Crippen molar-refractivity contribution in [2.75, 3.05) is 5.75 Å². The zero-order valence-electron chi connectivity index (χ0n) is 13.8. The molecule has 24 heavy (non-hydrogen) atoms. The second-order valence-corrected chi connectivity index (χ2v) is 7.31. The Balaban J connectivity index is 1.92. The van der Waals surface area contributed by atoms with Gasteiger partial charge in [-0.15, -0.1) is 31.5 Å². The van der Waals surface area contributed by atoms with Gasteiger partial charge in [-0.05, 0) is 5.56 Å². The van der Waals surface area contributed by atoms with Gasteiger partial charge in [-0.3, -0.25) is 4.79 Å². The van der Waals surface area contributed by atoms with E-state index in [-0.39, 0.29) is 28.9 Å². The van der Waals surface area contributed by atoms with E-state index in [9.17, 15) is 4.79 Å². The van der Waals surface area contributed by atoms with E-state index >= 15 is 0 Å². The normalized spacial score (nSPS) is 31.8. The number of thioether (sulfide) groups is 1. The summed E-state index contributed by atoms with van der Waals surface area (Å²) in [5, 5.41) is -0.118. The number of carbonyl (C=O) groups is 1. The fourth-order valence-corrected chi connectivity index (χ4v) is 4.96. The Morgan fingerprint density at radius 3 is 2.62 bits per heavy atom. The van der Waals surface area contributed by atoms with Crippen molar-refractivity contribution in [3.63, 3.8) is 0 Å². The van der Waals surface area contributed by atoms with Crippen molar-refractivity contribution in [1.82, 2.24) is 4.90 Å². The van der Waals surface area contributed by atoms with Crippen LogP contribution < -0.4 is 0 Å². The minimum atomic E-state index is -0.346. The maximum Gasteiger partial charge on any atom is 0.239 e. The number of hydrogen-bond acceptors (Lipinski definition) is 3. The molecule has 1 amide bonds. The van der Waals surface area contributed by atoms with Crippen LogP contribution in [0, 0.1) is 0 Å². The topological polar surface area (TPSA) is 29.5 Å². The van der Waals surface area contributed by atoms with Gasteiger partial charge in [-0.2, -0.15) is 0 Å². The number of hydrogen-bond donors (Lipinski definition) is 0.